The minimum atomic E-state index is -0.324. The lowest BCUT2D eigenvalue weighted by Gasteiger charge is -2.09. The Morgan fingerprint density at radius 2 is 1.95 bits per heavy atom. The number of benzene rings is 1. The summed E-state index contributed by atoms with van der Waals surface area (Å²) >= 11 is 0. The van der Waals surface area contributed by atoms with Gasteiger partial charge in [0.25, 0.3) is 0 Å². The van der Waals surface area contributed by atoms with Crippen molar-refractivity contribution in [2.45, 2.75) is 13.1 Å². The van der Waals surface area contributed by atoms with E-state index in [1.807, 2.05) is 6.07 Å². The van der Waals surface area contributed by atoms with Crippen LogP contribution in [0.15, 0.2) is 36.5 Å². The third kappa shape index (κ3) is 3.45. The molecular weight excluding hydrogens is 259 g/mol. The summed E-state index contributed by atoms with van der Waals surface area (Å²) in [5.74, 6) is 0.512. The first-order chi connectivity index (χ1) is 9.74. The van der Waals surface area contributed by atoms with Gasteiger partial charge in [0.15, 0.2) is 11.6 Å². The average molecular weight is 276 g/mol. The molecule has 20 heavy (non-hydrogen) atoms. The number of nitrogens with one attached hydrogen (secondary N) is 1. The Morgan fingerprint density at radius 1 is 1.10 bits per heavy atom. The molecule has 4 nitrogen and oxygen atoms in total. The van der Waals surface area contributed by atoms with Crippen LogP contribution in [0.25, 0.3) is 0 Å². The van der Waals surface area contributed by atoms with E-state index in [4.69, 9.17) is 9.47 Å². The first kappa shape index (κ1) is 14.3. The molecule has 0 unspecified atom stereocenters. The second-order valence-electron chi connectivity index (χ2n) is 4.25. The Hall–Kier alpha value is -2.14. The van der Waals surface area contributed by atoms with E-state index in [-0.39, 0.29) is 11.6 Å². The number of ether oxygens (including phenoxy) is 2. The summed E-state index contributed by atoms with van der Waals surface area (Å²) in [6.45, 7) is 1.03. The third-order valence-corrected chi connectivity index (χ3v) is 2.91. The van der Waals surface area contributed by atoms with Crippen LogP contribution in [0.1, 0.15) is 11.1 Å². The highest BCUT2D eigenvalue weighted by Gasteiger charge is 2.07. The van der Waals surface area contributed by atoms with E-state index in [1.54, 1.807) is 37.6 Å². The van der Waals surface area contributed by atoms with Crippen LogP contribution in [0.5, 0.6) is 11.6 Å². The number of pyridine rings is 1. The highest BCUT2D eigenvalue weighted by molar-refractivity contribution is 5.31. The minimum absolute atomic E-state index is 0.260. The van der Waals surface area contributed by atoms with Crippen molar-refractivity contribution in [3.8, 4) is 11.6 Å². The van der Waals surface area contributed by atoms with Crippen LogP contribution in [-0.2, 0) is 13.1 Å². The summed E-state index contributed by atoms with van der Waals surface area (Å²) < 4.78 is 23.8. The van der Waals surface area contributed by atoms with Crippen molar-refractivity contribution in [3.63, 3.8) is 0 Å². The molecule has 106 valence electrons. The van der Waals surface area contributed by atoms with Gasteiger partial charge in [-0.2, -0.15) is 0 Å². The molecule has 0 amide bonds. The summed E-state index contributed by atoms with van der Waals surface area (Å²) in [6.07, 6.45) is 1.73. The molecule has 0 atom stereocenters. The maximum atomic E-state index is 13.9. The number of halogens is 1. The van der Waals surface area contributed by atoms with Gasteiger partial charge in [-0.05, 0) is 11.6 Å². The lowest BCUT2D eigenvalue weighted by Crippen LogP contribution is -2.14. The van der Waals surface area contributed by atoms with Gasteiger partial charge >= 0.3 is 0 Å². The van der Waals surface area contributed by atoms with Gasteiger partial charge in [-0.1, -0.05) is 18.2 Å². The number of methoxy groups -OCH3 is 2. The Labute approximate surface area is 117 Å². The molecule has 0 radical (unpaired) electrons. The van der Waals surface area contributed by atoms with E-state index in [2.05, 4.69) is 10.3 Å². The molecule has 1 aromatic carbocycles. The van der Waals surface area contributed by atoms with Crippen molar-refractivity contribution in [2.75, 3.05) is 14.2 Å². The largest absolute Gasteiger partial charge is 0.494 e. The second-order valence-corrected chi connectivity index (χ2v) is 4.25. The van der Waals surface area contributed by atoms with Crippen LogP contribution in [0.3, 0.4) is 0 Å². The van der Waals surface area contributed by atoms with Gasteiger partial charge in [-0.25, -0.2) is 9.37 Å². The van der Waals surface area contributed by atoms with E-state index in [0.29, 0.717) is 24.5 Å². The van der Waals surface area contributed by atoms with Crippen molar-refractivity contribution in [2.24, 2.45) is 0 Å². The lowest BCUT2D eigenvalue weighted by atomic mass is 10.2. The molecular formula is C15H17FN2O2. The highest BCUT2D eigenvalue weighted by Crippen LogP contribution is 2.19. The van der Waals surface area contributed by atoms with Gasteiger partial charge in [-0.15, -0.1) is 0 Å². The zero-order chi connectivity index (χ0) is 14.4. The standard InChI is InChI=1S/C15H17FN2O2/c1-19-13-5-3-4-12(15(13)16)10-17-8-11-6-7-14(20-2)18-9-11/h3-7,9,17H,8,10H2,1-2H3. The van der Waals surface area contributed by atoms with Gasteiger partial charge in [0.05, 0.1) is 14.2 Å². The minimum Gasteiger partial charge on any atom is -0.494 e. The van der Waals surface area contributed by atoms with E-state index < -0.39 is 0 Å². The normalized spacial score (nSPS) is 10.3. The Balaban J connectivity index is 1.92. The second kappa shape index (κ2) is 6.86. The van der Waals surface area contributed by atoms with E-state index in [9.17, 15) is 4.39 Å². The van der Waals surface area contributed by atoms with Crippen molar-refractivity contribution < 1.29 is 13.9 Å². The number of rotatable bonds is 6. The lowest BCUT2D eigenvalue weighted by molar-refractivity contribution is 0.383. The van der Waals surface area contributed by atoms with Gasteiger partial charge in [0, 0.05) is 30.9 Å². The summed E-state index contributed by atoms with van der Waals surface area (Å²) in [5.41, 5.74) is 1.58. The van der Waals surface area contributed by atoms with Gasteiger partial charge in [0.2, 0.25) is 5.88 Å². The molecule has 0 saturated carbocycles. The van der Waals surface area contributed by atoms with Crippen molar-refractivity contribution in [3.05, 3.63) is 53.5 Å². The van der Waals surface area contributed by atoms with Crippen LogP contribution in [0.4, 0.5) is 4.39 Å². The fraction of sp³-hybridized carbons (Fsp3) is 0.267. The molecule has 0 aliphatic heterocycles. The molecule has 1 heterocycles. The fourth-order valence-corrected chi connectivity index (χ4v) is 1.83. The van der Waals surface area contributed by atoms with E-state index in [0.717, 1.165) is 5.56 Å². The summed E-state index contributed by atoms with van der Waals surface area (Å²) in [6, 6.07) is 8.82. The highest BCUT2D eigenvalue weighted by atomic mass is 19.1. The van der Waals surface area contributed by atoms with Crippen LogP contribution in [0.2, 0.25) is 0 Å². The topological polar surface area (TPSA) is 43.4 Å². The Bertz CT molecular complexity index is 558. The predicted octanol–water partition coefficient (Wildman–Crippen LogP) is 2.53. The summed E-state index contributed by atoms with van der Waals surface area (Å²) in [7, 11) is 3.03. The third-order valence-electron chi connectivity index (χ3n) is 2.91. The average Bonchev–Trinajstić information content (AvgIpc) is 2.49. The van der Waals surface area contributed by atoms with E-state index in [1.165, 1.54) is 7.11 Å². The molecule has 1 aromatic heterocycles. The summed E-state index contributed by atoms with van der Waals surface area (Å²) in [5, 5.41) is 3.17. The molecule has 2 aromatic rings. The van der Waals surface area contributed by atoms with Crippen LogP contribution >= 0.6 is 0 Å². The first-order valence-electron chi connectivity index (χ1n) is 6.25. The first-order valence-corrected chi connectivity index (χ1v) is 6.25. The van der Waals surface area contributed by atoms with Gasteiger partial charge < -0.3 is 14.8 Å². The zero-order valence-corrected chi connectivity index (χ0v) is 11.5. The Morgan fingerprint density at radius 3 is 2.60 bits per heavy atom. The molecule has 1 N–H and O–H groups in total. The Kier molecular flexibility index (Phi) is 4.90. The fourth-order valence-electron chi connectivity index (χ4n) is 1.83. The van der Waals surface area contributed by atoms with Gasteiger partial charge in [-0.3, -0.25) is 0 Å². The molecule has 0 spiro atoms. The maximum Gasteiger partial charge on any atom is 0.212 e. The molecule has 0 aliphatic carbocycles. The molecule has 0 saturated heterocycles. The number of nitrogens with zero attached hydrogens (tertiary/aromatic N) is 1. The smallest absolute Gasteiger partial charge is 0.212 e. The number of hydrogen-bond donors (Lipinski definition) is 1. The van der Waals surface area contributed by atoms with Crippen molar-refractivity contribution >= 4 is 0 Å². The molecule has 0 fully saturated rings. The summed E-state index contributed by atoms with van der Waals surface area (Å²) in [4.78, 5) is 4.11. The number of hydrogen-bond acceptors (Lipinski definition) is 4. The van der Waals surface area contributed by atoms with Gasteiger partial charge in [0.1, 0.15) is 0 Å². The van der Waals surface area contributed by atoms with E-state index >= 15 is 0 Å². The van der Waals surface area contributed by atoms with Crippen molar-refractivity contribution in [1.82, 2.24) is 10.3 Å². The van der Waals surface area contributed by atoms with Crippen molar-refractivity contribution in [1.29, 1.82) is 0 Å². The quantitative estimate of drug-likeness (QED) is 0.880. The molecule has 0 bridgehead atoms. The molecule has 2 rings (SSSR count). The van der Waals surface area contributed by atoms with Crippen LogP contribution in [-0.4, -0.2) is 19.2 Å². The maximum absolute atomic E-state index is 13.9. The van der Waals surface area contributed by atoms with Crippen LogP contribution < -0.4 is 14.8 Å². The molecule has 5 heteroatoms. The zero-order valence-electron chi connectivity index (χ0n) is 11.5. The SMILES string of the molecule is COc1ccc(CNCc2cccc(OC)c2F)cn1. The number of aromatic nitrogens is 1. The monoisotopic (exact) mass is 276 g/mol. The van der Waals surface area contributed by atoms with Crippen LogP contribution in [0, 0.1) is 5.82 Å². The molecule has 0 aliphatic rings. The predicted molar refractivity (Wildman–Crippen MR) is 74.3 cm³/mol.